The van der Waals surface area contributed by atoms with Crippen LogP contribution in [0.15, 0.2) is 48.5 Å². The molecule has 1 N–H and O–H groups in total. The average molecular weight is 445 g/mol. The highest BCUT2D eigenvalue weighted by atomic mass is 32.2. The van der Waals surface area contributed by atoms with E-state index in [2.05, 4.69) is 5.32 Å². The molecular formula is C23H28N2O5S. The molecule has 0 saturated carbocycles. The van der Waals surface area contributed by atoms with Crippen LogP contribution in [-0.4, -0.2) is 51.0 Å². The molecule has 0 aromatic heterocycles. The van der Waals surface area contributed by atoms with Gasteiger partial charge in [-0.2, -0.15) is 0 Å². The van der Waals surface area contributed by atoms with Crippen molar-refractivity contribution in [3.8, 4) is 11.5 Å². The lowest BCUT2D eigenvalue weighted by atomic mass is 9.97. The van der Waals surface area contributed by atoms with E-state index in [1.807, 2.05) is 55.5 Å². The lowest BCUT2D eigenvalue weighted by molar-refractivity contribution is -0.126. The van der Waals surface area contributed by atoms with E-state index in [0.29, 0.717) is 50.6 Å². The number of fused-ring (bicyclic) bond motifs is 1. The average Bonchev–Trinajstić information content (AvgIpc) is 2.77. The molecule has 4 rings (SSSR count). The molecule has 0 radical (unpaired) electrons. The van der Waals surface area contributed by atoms with Crippen molar-refractivity contribution in [1.82, 2.24) is 9.62 Å². The van der Waals surface area contributed by atoms with Crippen LogP contribution in [0.2, 0.25) is 0 Å². The van der Waals surface area contributed by atoms with Crippen molar-refractivity contribution in [1.29, 1.82) is 0 Å². The number of carbonyl (C=O) groups excluding carboxylic acids is 1. The van der Waals surface area contributed by atoms with Gasteiger partial charge >= 0.3 is 0 Å². The second-order valence-electron chi connectivity index (χ2n) is 8.16. The van der Waals surface area contributed by atoms with E-state index >= 15 is 0 Å². The fourth-order valence-electron chi connectivity index (χ4n) is 4.02. The van der Waals surface area contributed by atoms with Gasteiger partial charge < -0.3 is 14.8 Å². The molecule has 0 spiro atoms. The van der Waals surface area contributed by atoms with Gasteiger partial charge in [-0.05, 0) is 37.5 Å². The molecule has 1 fully saturated rings. The maximum atomic E-state index is 12.8. The van der Waals surface area contributed by atoms with Crippen LogP contribution in [0.25, 0.3) is 0 Å². The Labute approximate surface area is 183 Å². The van der Waals surface area contributed by atoms with E-state index in [1.165, 1.54) is 4.31 Å². The van der Waals surface area contributed by atoms with E-state index in [1.54, 1.807) is 0 Å². The molecule has 2 aliphatic heterocycles. The number of nitrogens with one attached hydrogen (secondary N) is 1. The van der Waals surface area contributed by atoms with Crippen molar-refractivity contribution >= 4 is 15.9 Å². The number of carbonyl (C=O) groups is 1. The zero-order chi connectivity index (χ0) is 21.8. The Bertz CT molecular complexity index is 1030. The van der Waals surface area contributed by atoms with E-state index in [0.717, 1.165) is 11.1 Å². The van der Waals surface area contributed by atoms with Crippen molar-refractivity contribution in [3.05, 3.63) is 59.7 Å². The van der Waals surface area contributed by atoms with E-state index in [-0.39, 0.29) is 23.7 Å². The molecule has 2 heterocycles. The van der Waals surface area contributed by atoms with Crippen molar-refractivity contribution in [2.45, 2.75) is 31.6 Å². The summed E-state index contributed by atoms with van der Waals surface area (Å²) in [4.78, 5) is 12.6. The molecule has 0 bridgehead atoms. The molecule has 2 aromatic rings. The summed E-state index contributed by atoms with van der Waals surface area (Å²) >= 11 is 0. The van der Waals surface area contributed by atoms with Crippen LogP contribution in [0.1, 0.15) is 24.0 Å². The Kier molecular flexibility index (Phi) is 6.48. The number of rotatable bonds is 6. The summed E-state index contributed by atoms with van der Waals surface area (Å²) in [7, 11) is -3.39. The van der Waals surface area contributed by atoms with Crippen LogP contribution in [0.4, 0.5) is 0 Å². The molecule has 8 heteroatoms. The normalized spacial score (nSPS) is 19.7. The maximum Gasteiger partial charge on any atom is 0.223 e. The highest BCUT2D eigenvalue weighted by Crippen LogP contribution is 2.30. The predicted molar refractivity (Wildman–Crippen MR) is 117 cm³/mol. The minimum absolute atomic E-state index is 0.00790. The predicted octanol–water partition coefficient (Wildman–Crippen LogP) is 2.49. The third-order valence-corrected chi connectivity index (χ3v) is 7.57. The monoisotopic (exact) mass is 444 g/mol. The lowest BCUT2D eigenvalue weighted by Gasteiger charge is -2.31. The number of piperidine rings is 1. The fraction of sp³-hybridized carbons (Fsp3) is 0.435. The molecule has 166 valence electrons. The highest BCUT2D eigenvalue weighted by molar-refractivity contribution is 7.88. The van der Waals surface area contributed by atoms with Crippen molar-refractivity contribution < 1.29 is 22.7 Å². The Morgan fingerprint density at radius 2 is 1.84 bits per heavy atom. The van der Waals surface area contributed by atoms with Crippen LogP contribution < -0.4 is 14.8 Å². The number of aryl methyl sites for hydroxylation is 1. The first-order valence-electron chi connectivity index (χ1n) is 10.6. The quantitative estimate of drug-likeness (QED) is 0.740. The van der Waals surface area contributed by atoms with Crippen molar-refractivity contribution in [2.24, 2.45) is 5.92 Å². The van der Waals surface area contributed by atoms with E-state index < -0.39 is 10.0 Å². The third-order valence-electron chi connectivity index (χ3n) is 5.72. The second-order valence-corrected chi connectivity index (χ2v) is 10.1. The second kappa shape index (κ2) is 9.28. The van der Waals surface area contributed by atoms with Gasteiger partial charge in [0.15, 0.2) is 11.5 Å². The summed E-state index contributed by atoms with van der Waals surface area (Å²) in [6, 6.07) is 15.0. The Balaban J connectivity index is 1.24. The van der Waals surface area contributed by atoms with Crippen molar-refractivity contribution in [3.63, 3.8) is 0 Å². The SMILES string of the molecule is Cc1cccc(CS(=O)(=O)N2CCC(C(=O)NCC3COc4ccccc4O3)CC2)c1. The zero-order valence-corrected chi connectivity index (χ0v) is 18.4. The van der Waals surface area contributed by atoms with Gasteiger partial charge in [0, 0.05) is 19.0 Å². The molecule has 2 aliphatic rings. The highest BCUT2D eigenvalue weighted by Gasteiger charge is 2.31. The number of sulfonamides is 1. The van der Waals surface area contributed by atoms with Gasteiger partial charge in [-0.15, -0.1) is 0 Å². The summed E-state index contributed by atoms with van der Waals surface area (Å²) < 4.78 is 38.6. The molecule has 1 saturated heterocycles. The lowest BCUT2D eigenvalue weighted by Crippen LogP contribution is -2.46. The first-order chi connectivity index (χ1) is 14.9. The molecule has 31 heavy (non-hydrogen) atoms. The number of nitrogens with zero attached hydrogens (tertiary/aromatic N) is 1. The van der Waals surface area contributed by atoms with Crippen LogP contribution in [0.5, 0.6) is 11.5 Å². The fourth-order valence-corrected chi connectivity index (χ4v) is 5.57. The molecule has 0 aliphatic carbocycles. The van der Waals surface area contributed by atoms with Gasteiger partial charge in [0.25, 0.3) is 0 Å². The Morgan fingerprint density at radius 1 is 1.10 bits per heavy atom. The van der Waals surface area contributed by atoms with Gasteiger partial charge in [-0.25, -0.2) is 12.7 Å². The first kappa shape index (κ1) is 21.6. The molecule has 2 aromatic carbocycles. The summed E-state index contributed by atoms with van der Waals surface area (Å²) in [5.74, 6) is 1.14. The molecule has 1 amide bonds. The maximum absolute atomic E-state index is 12.8. The van der Waals surface area contributed by atoms with E-state index in [4.69, 9.17) is 9.47 Å². The summed E-state index contributed by atoms with van der Waals surface area (Å²) in [6.07, 6.45) is 0.793. The van der Waals surface area contributed by atoms with Crippen LogP contribution in [0, 0.1) is 12.8 Å². The Morgan fingerprint density at radius 3 is 2.58 bits per heavy atom. The first-order valence-corrected chi connectivity index (χ1v) is 12.2. The molecule has 1 atom stereocenters. The van der Waals surface area contributed by atoms with Crippen LogP contribution in [-0.2, 0) is 20.6 Å². The number of para-hydroxylation sites is 2. The smallest absolute Gasteiger partial charge is 0.223 e. The van der Waals surface area contributed by atoms with Gasteiger partial charge in [-0.1, -0.05) is 42.0 Å². The number of hydrogen-bond acceptors (Lipinski definition) is 5. The van der Waals surface area contributed by atoms with Gasteiger partial charge in [0.2, 0.25) is 15.9 Å². The number of hydrogen-bond donors (Lipinski definition) is 1. The van der Waals surface area contributed by atoms with Crippen LogP contribution in [0.3, 0.4) is 0 Å². The van der Waals surface area contributed by atoms with E-state index in [9.17, 15) is 13.2 Å². The summed E-state index contributed by atoms with van der Waals surface area (Å²) in [5, 5.41) is 2.94. The summed E-state index contributed by atoms with van der Waals surface area (Å²) in [5.41, 5.74) is 1.83. The number of ether oxygens (including phenoxy) is 2. The van der Waals surface area contributed by atoms with Gasteiger partial charge in [0.05, 0.1) is 12.3 Å². The molecular weight excluding hydrogens is 416 g/mol. The standard InChI is InChI=1S/C23H28N2O5S/c1-17-5-4-6-18(13-17)16-31(27,28)25-11-9-19(10-12-25)23(26)24-14-20-15-29-21-7-2-3-8-22(21)30-20/h2-8,13,19-20H,9-12,14-16H2,1H3,(H,24,26). The number of amides is 1. The van der Waals surface area contributed by atoms with Gasteiger partial charge in [-0.3, -0.25) is 4.79 Å². The summed E-state index contributed by atoms with van der Waals surface area (Å²) in [6.45, 7) is 3.42. The largest absolute Gasteiger partial charge is 0.486 e. The van der Waals surface area contributed by atoms with Gasteiger partial charge in [0.1, 0.15) is 12.7 Å². The molecule has 1 unspecified atom stereocenters. The third kappa shape index (κ3) is 5.37. The Hall–Kier alpha value is -2.58. The number of benzene rings is 2. The van der Waals surface area contributed by atoms with Crippen molar-refractivity contribution in [2.75, 3.05) is 26.2 Å². The molecule has 7 nitrogen and oxygen atoms in total. The van der Waals surface area contributed by atoms with Crippen LogP contribution >= 0.6 is 0 Å². The zero-order valence-electron chi connectivity index (χ0n) is 17.6. The topological polar surface area (TPSA) is 84.9 Å². The minimum Gasteiger partial charge on any atom is -0.486 e. The minimum atomic E-state index is -3.39.